The van der Waals surface area contributed by atoms with Crippen LogP contribution in [0, 0.1) is 3.57 Å². The summed E-state index contributed by atoms with van der Waals surface area (Å²) >= 11 is 1.62. The smallest absolute Gasteiger partial charge is 0.369 e. The van der Waals surface area contributed by atoms with Gasteiger partial charge in [-0.15, -0.1) is 5.10 Å². The molecule has 0 fully saturated rings. The Balaban J connectivity index is 3.06. The minimum absolute atomic E-state index is 0.120. The molecule has 92 valence electrons. The van der Waals surface area contributed by atoms with E-state index >= 15 is 0 Å². The van der Waals surface area contributed by atoms with Gasteiger partial charge >= 0.3 is 6.18 Å². The van der Waals surface area contributed by atoms with Gasteiger partial charge in [-0.05, 0) is 40.3 Å². The van der Waals surface area contributed by atoms with Crippen molar-refractivity contribution in [1.29, 1.82) is 0 Å². The molecule has 0 unspecified atom stereocenters. The Hall–Kier alpha value is -1.32. The first-order chi connectivity index (χ1) is 7.80. The molecule has 0 aliphatic carbocycles. The maximum atomic E-state index is 12.6. The number of nitrogens with zero attached hydrogens (tertiary/aromatic N) is 2. The summed E-state index contributed by atoms with van der Waals surface area (Å²) in [7, 11) is 0. The van der Waals surface area contributed by atoms with Crippen LogP contribution in [0.3, 0.4) is 0 Å². The van der Waals surface area contributed by atoms with Crippen LogP contribution in [0.2, 0.25) is 0 Å². The molecule has 0 bridgehead atoms. The first-order valence-electron chi connectivity index (χ1n) is 4.29. The Morgan fingerprint density at radius 2 is 1.94 bits per heavy atom. The summed E-state index contributed by atoms with van der Waals surface area (Å²) in [5, 5.41) is 6.73. The zero-order valence-electron chi connectivity index (χ0n) is 8.37. The number of hydrogen-bond donors (Lipinski definition) is 2. The maximum absolute atomic E-state index is 12.6. The van der Waals surface area contributed by atoms with Gasteiger partial charge in [0.15, 0.2) is 0 Å². The van der Waals surface area contributed by atoms with E-state index in [1.165, 1.54) is 12.1 Å². The predicted molar refractivity (Wildman–Crippen MR) is 67.6 cm³/mol. The van der Waals surface area contributed by atoms with Gasteiger partial charge in [0.1, 0.15) is 0 Å². The molecule has 0 spiro atoms. The van der Waals surface area contributed by atoms with Crippen molar-refractivity contribution in [2.45, 2.75) is 6.18 Å². The standard InChI is InChI=1S/C9H8F3IN4/c10-9(11,12)6-3-5(1-2-7(6)13)4-16-17-8(14)15/h1-4H,(H4,14,15,17). The van der Waals surface area contributed by atoms with E-state index in [-0.39, 0.29) is 15.1 Å². The highest BCUT2D eigenvalue weighted by Crippen LogP contribution is 2.33. The maximum Gasteiger partial charge on any atom is 0.417 e. The lowest BCUT2D eigenvalue weighted by Gasteiger charge is -2.09. The van der Waals surface area contributed by atoms with E-state index in [1.54, 1.807) is 22.6 Å². The van der Waals surface area contributed by atoms with Gasteiger partial charge in [0.05, 0.1) is 11.8 Å². The van der Waals surface area contributed by atoms with Crippen molar-refractivity contribution in [3.63, 3.8) is 0 Å². The van der Waals surface area contributed by atoms with E-state index in [0.717, 1.165) is 12.3 Å². The second kappa shape index (κ2) is 5.34. The lowest BCUT2D eigenvalue weighted by Crippen LogP contribution is -2.21. The monoisotopic (exact) mass is 356 g/mol. The predicted octanol–water partition coefficient (Wildman–Crippen LogP) is 1.92. The van der Waals surface area contributed by atoms with E-state index in [2.05, 4.69) is 10.2 Å². The van der Waals surface area contributed by atoms with Crippen LogP contribution < -0.4 is 11.5 Å². The van der Waals surface area contributed by atoms with Gasteiger partial charge in [-0.1, -0.05) is 6.07 Å². The zero-order valence-corrected chi connectivity index (χ0v) is 10.5. The number of halogens is 4. The summed E-state index contributed by atoms with van der Waals surface area (Å²) < 4.78 is 37.8. The minimum Gasteiger partial charge on any atom is -0.369 e. The summed E-state index contributed by atoms with van der Waals surface area (Å²) in [6, 6.07) is 3.82. The van der Waals surface area contributed by atoms with Crippen LogP contribution in [0.25, 0.3) is 0 Å². The van der Waals surface area contributed by atoms with E-state index in [1.807, 2.05) is 0 Å². The van der Waals surface area contributed by atoms with Gasteiger partial charge in [0, 0.05) is 3.57 Å². The largest absolute Gasteiger partial charge is 0.417 e. The van der Waals surface area contributed by atoms with Gasteiger partial charge in [-0.3, -0.25) is 0 Å². The molecule has 4 nitrogen and oxygen atoms in total. The quantitative estimate of drug-likeness (QED) is 0.368. The fourth-order valence-corrected chi connectivity index (χ4v) is 1.64. The van der Waals surface area contributed by atoms with Gasteiger partial charge in [0.25, 0.3) is 0 Å². The summed E-state index contributed by atoms with van der Waals surface area (Å²) in [6.07, 6.45) is -3.25. The summed E-state index contributed by atoms with van der Waals surface area (Å²) in [5.41, 5.74) is 9.58. The molecule has 0 amide bonds. The van der Waals surface area contributed by atoms with Crippen molar-refractivity contribution in [3.8, 4) is 0 Å². The first-order valence-corrected chi connectivity index (χ1v) is 5.37. The molecule has 17 heavy (non-hydrogen) atoms. The van der Waals surface area contributed by atoms with Gasteiger partial charge in [-0.2, -0.15) is 18.3 Å². The van der Waals surface area contributed by atoms with Crippen LogP contribution in [-0.2, 0) is 6.18 Å². The molecule has 0 saturated heterocycles. The van der Waals surface area contributed by atoms with Crippen molar-refractivity contribution < 1.29 is 13.2 Å². The molecule has 0 heterocycles. The number of guanidine groups is 1. The minimum atomic E-state index is -4.39. The normalized spacial score (nSPS) is 11.8. The summed E-state index contributed by atoms with van der Waals surface area (Å²) in [6.45, 7) is 0. The van der Waals surface area contributed by atoms with Crippen LogP contribution in [0.1, 0.15) is 11.1 Å². The molecule has 0 aliphatic heterocycles. The topological polar surface area (TPSA) is 76.8 Å². The zero-order chi connectivity index (χ0) is 13.1. The fourth-order valence-electron chi connectivity index (χ4n) is 1.00. The Morgan fingerprint density at radius 1 is 1.29 bits per heavy atom. The Bertz CT molecular complexity index is 464. The van der Waals surface area contributed by atoms with Crippen LogP contribution in [0.5, 0.6) is 0 Å². The van der Waals surface area contributed by atoms with Gasteiger partial charge in [-0.25, -0.2) is 0 Å². The highest BCUT2D eigenvalue weighted by molar-refractivity contribution is 14.1. The van der Waals surface area contributed by atoms with Crippen molar-refractivity contribution >= 4 is 34.8 Å². The highest BCUT2D eigenvalue weighted by atomic mass is 127. The molecule has 0 aromatic heterocycles. The molecular formula is C9H8F3IN4. The fraction of sp³-hybridized carbons (Fsp3) is 0.111. The van der Waals surface area contributed by atoms with Crippen molar-refractivity contribution in [2.24, 2.45) is 21.7 Å². The molecule has 1 aromatic rings. The van der Waals surface area contributed by atoms with Crippen molar-refractivity contribution in [1.82, 2.24) is 0 Å². The van der Waals surface area contributed by atoms with Crippen LogP contribution in [0.4, 0.5) is 13.2 Å². The second-order valence-electron chi connectivity index (χ2n) is 3.01. The van der Waals surface area contributed by atoms with E-state index < -0.39 is 11.7 Å². The number of alkyl halides is 3. The van der Waals surface area contributed by atoms with E-state index in [4.69, 9.17) is 11.5 Å². The highest BCUT2D eigenvalue weighted by Gasteiger charge is 2.32. The lowest BCUT2D eigenvalue weighted by atomic mass is 10.1. The third-order valence-electron chi connectivity index (χ3n) is 1.68. The third-order valence-corrected chi connectivity index (χ3v) is 2.62. The van der Waals surface area contributed by atoms with Crippen molar-refractivity contribution in [3.05, 3.63) is 32.9 Å². The van der Waals surface area contributed by atoms with E-state index in [0.29, 0.717) is 0 Å². The summed E-state index contributed by atoms with van der Waals surface area (Å²) in [4.78, 5) is 0. The molecule has 0 atom stereocenters. The van der Waals surface area contributed by atoms with Gasteiger partial charge < -0.3 is 11.5 Å². The second-order valence-corrected chi connectivity index (χ2v) is 4.17. The molecular weight excluding hydrogens is 348 g/mol. The Labute approximate surface area is 109 Å². The molecule has 4 N–H and O–H groups in total. The Kier molecular flexibility index (Phi) is 4.32. The van der Waals surface area contributed by atoms with E-state index in [9.17, 15) is 13.2 Å². The molecule has 0 radical (unpaired) electrons. The average Bonchev–Trinajstić information content (AvgIpc) is 2.18. The number of hydrogen-bond acceptors (Lipinski definition) is 2. The van der Waals surface area contributed by atoms with Crippen LogP contribution in [-0.4, -0.2) is 12.2 Å². The summed E-state index contributed by atoms with van der Waals surface area (Å²) in [5.74, 6) is -0.261. The van der Waals surface area contributed by atoms with Crippen molar-refractivity contribution in [2.75, 3.05) is 0 Å². The molecule has 0 aliphatic rings. The first kappa shape index (κ1) is 13.7. The number of nitrogens with two attached hydrogens (primary N) is 2. The average molecular weight is 356 g/mol. The SMILES string of the molecule is NC(N)=NN=Cc1ccc(I)c(C(F)(F)F)c1. The van der Waals surface area contributed by atoms with Gasteiger partial charge in [0.2, 0.25) is 5.96 Å². The Morgan fingerprint density at radius 3 is 2.47 bits per heavy atom. The van der Waals surface area contributed by atoms with Crippen LogP contribution >= 0.6 is 22.6 Å². The molecule has 8 heteroatoms. The number of benzene rings is 1. The number of rotatable bonds is 2. The molecule has 1 rings (SSSR count). The third kappa shape index (κ3) is 4.21. The molecule has 1 aromatic carbocycles. The van der Waals surface area contributed by atoms with Crippen LogP contribution in [0.15, 0.2) is 28.4 Å². The molecule has 0 saturated carbocycles. The lowest BCUT2D eigenvalue weighted by molar-refractivity contribution is -0.138.